The summed E-state index contributed by atoms with van der Waals surface area (Å²) in [5, 5.41) is 5.98. The highest BCUT2D eigenvalue weighted by atomic mass is 16.2. The molecule has 0 bridgehead atoms. The van der Waals surface area contributed by atoms with Crippen molar-refractivity contribution in [2.75, 3.05) is 7.05 Å². The Balaban J connectivity index is 1.54. The van der Waals surface area contributed by atoms with Gasteiger partial charge in [-0.1, -0.05) is 18.2 Å². The van der Waals surface area contributed by atoms with Gasteiger partial charge < -0.3 is 9.88 Å². The van der Waals surface area contributed by atoms with Gasteiger partial charge in [0.15, 0.2) is 0 Å². The molecular formula is C19H17N7O2. The summed E-state index contributed by atoms with van der Waals surface area (Å²) >= 11 is 0. The number of carbonyl (C=O) groups is 1. The average molecular weight is 375 g/mol. The van der Waals surface area contributed by atoms with Crippen molar-refractivity contribution >= 4 is 16.7 Å². The van der Waals surface area contributed by atoms with E-state index in [1.807, 2.05) is 24.3 Å². The lowest BCUT2D eigenvalue weighted by molar-refractivity contribution is 0.0783. The first kappa shape index (κ1) is 17.5. The van der Waals surface area contributed by atoms with Gasteiger partial charge in [0.1, 0.15) is 30.6 Å². The summed E-state index contributed by atoms with van der Waals surface area (Å²) in [6, 6.07) is 7.76. The molecule has 0 radical (unpaired) electrons. The van der Waals surface area contributed by atoms with Crippen LogP contribution in [0.2, 0.25) is 0 Å². The van der Waals surface area contributed by atoms with Crippen LogP contribution < -0.4 is 5.56 Å². The van der Waals surface area contributed by atoms with Gasteiger partial charge in [0.05, 0.1) is 0 Å². The highest BCUT2D eigenvalue weighted by Crippen LogP contribution is 2.19. The van der Waals surface area contributed by atoms with Gasteiger partial charge >= 0.3 is 0 Å². The van der Waals surface area contributed by atoms with E-state index in [-0.39, 0.29) is 12.1 Å². The molecule has 9 nitrogen and oxygen atoms in total. The standard InChI is InChI=1S/C19H17N7O2/c1-25(9-14-4-2-3-13-7-20-6-5-15(13)14)19(28)16-8-22-17(24-18(16)27)10-26-12-21-11-23-26/h2-8,11-12H,9-10H2,1H3,(H,22,24,27). The summed E-state index contributed by atoms with van der Waals surface area (Å²) in [5.41, 5.74) is 0.485. The predicted octanol–water partition coefficient (Wildman–Crippen LogP) is 1.23. The van der Waals surface area contributed by atoms with E-state index in [0.717, 1.165) is 16.3 Å². The lowest BCUT2D eigenvalue weighted by atomic mass is 10.1. The minimum atomic E-state index is -0.482. The fourth-order valence-corrected chi connectivity index (χ4v) is 2.99. The van der Waals surface area contributed by atoms with Crippen molar-refractivity contribution in [1.82, 2.24) is 34.6 Å². The topological polar surface area (TPSA) is 110 Å². The van der Waals surface area contributed by atoms with E-state index in [9.17, 15) is 9.59 Å². The maximum Gasteiger partial charge on any atom is 0.263 e. The Morgan fingerprint density at radius 2 is 2.11 bits per heavy atom. The molecule has 3 aromatic heterocycles. The highest BCUT2D eigenvalue weighted by Gasteiger charge is 2.17. The van der Waals surface area contributed by atoms with Gasteiger partial charge in [0.2, 0.25) is 0 Å². The first-order chi connectivity index (χ1) is 13.6. The van der Waals surface area contributed by atoms with Crippen LogP contribution in [0.3, 0.4) is 0 Å². The van der Waals surface area contributed by atoms with Gasteiger partial charge in [-0.15, -0.1) is 0 Å². The normalized spacial score (nSPS) is 10.9. The third kappa shape index (κ3) is 3.50. The molecule has 3 heterocycles. The van der Waals surface area contributed by atoms with Gasteiger partial charge in [-0.2, -0.15) is 5.10 Å². The first-order valence-electron chi connectivity index (χ1n) is 8.59. The molecule has 28 heavy (non-hydrogen) atoms. The van der Waals surface area contributed by atoms with Crippen molar-refractivity contribution in [3.05, 3.63) is 82.8 Å². The summed E-state index contributed by atoms with van der Waals surface area (Å²) in [7, 11) is 1.66. The van der Waals surface area contributed by atoms with Crippen molar-refractivity contribution < 1.29 is 4.79 Å². The number of benzene rings is 1. The molecule has 0 fully saturated rings. The second kappa shape index (κ2) is 7.39. The Hall–Kier alpha value is -3.88. The Labute approximate surface area is 159 Å². The van der Waals surface area contributed by atoms with Crippen molar-refractivity contribution in [3.8, 4) is 0 Å². The molecule has 1 N–H and O–H groups in total. The van der Waals surface area contributed by atoms with E-state index in [1.165, 1.54) is 28.4 Å². The molecule has 1 aromatic carbocycles. The lowest BCUT2D eigenvalue weighted by Crippen LogP contribution is -2.32. The largest absolute Gasteiger partial charge is 0.337 e. The predicted molar refractivity (Wildman–Crippen MR) is 102 cm³/mol. The van der Waals surface area contributed by atoms with E-state index in [0.29, 0.717) is 12.4 Å². The SMILES string of the molecule is CN(Cc1cccc2cnccc12)C(=O)c1cnc(Cn2cncn2)[nH]c1=O. The average Bonchev–Trinajstić information content (AvgIpc) is 3.21. The van der Waals surface area contributed by atoms with E-state index in [4.69, 9.17) is 0 Å². The number of nitrogens with zero attached hydrogens (tertiary/aromatic N) is 6. The van der Waals surface area contributed by atoms with Gasteiger partial charge in [0.25, 0.3) is 11.5 Å². The monoisotopic (exact) mass is 375 g/mol. The zero-order valence-corrected chi connectivity index (χ0v) is 15.1. The van der Waals surface area contributed by atoms with Gasteiger partial charge in [0, 0.05) is 37.6 Å². The number of H-pyrrole nitrogens is 1. The Bertz CT molecular complexity index is 1180. The highest BCUT2D eigenvalue weighted by molar-refractivity contribution is 5.93. The van der Waals surface area contributed by atoms with Crippen molar-refractivity contribution in [2.45, 2.75) is 13.1 Å². The number of nitrogens with one attached hydrogen (secondary N) is 1. The Morgan fingerprint density at radius 3 is 2.89 bits per heavy atom. The fraction of sp³-hybridized carbons (Fsp3) is 0.158. The second-order valence-electron chi connectivity index (χ2n) is 6.34. The van der Waals surface area contributed by atoms with Crippen LogP contribution in [-0.2, 0) is 13.1 Å². The Kier molecular flexibility index (Phi) is 4.63. The molecule has 9 heteroatoms. The van der Waals surface area contributed by atoms with Crippen molar-refractivity contribution in [2.24, 2.45) is 0 Å². The summed E-state index contributed by atoms with van der Waals surface area (Å²) in [6.45, 7) is 0.629. The molecule has 0 spiro atoms. The fourth-order valence-electron chi connectivity index (χ4n) is 2.99. The molecule has 0 atom stereocenters. The van der Waals surface area contributed by atoms with Crippen LogP contribution in [0.5, 0.6) is 0 Å². The molecule has 1 amide bonds. The Morgan fingerprint density at radius 1 is 1.21 bits per heavy atom. The molecular weight excluding hydrogens is 358 g/mol. The van der Waals surface area contributed by atoms with Gasteiger partial charge in [-0.25, -0.2) is 14.6 Å². The number of fused-ring (bicyclic) bond motifs is 1. The zero-order valence-electron chi connectivity index (χ0n) is 15.1. The van der Waals surface area contributed by atoms with Gasteiger partial charge in [-0.3, -0.25) is 14.6 Å². The van der Waals surface area contributed by atoms with Crippen LogP contribution in [0, 0.1) is 0 Å². The minimum Gasteiger partial charge on any atom is -0.337 e. The number of pyridine rings is 1. The number of hydrogen-bond acceptors (Lipinski definition) is 6. The van der Waals surface area contributed by atoms with Crippen LogP contribution >= 0.6 is 0 Å². The number of hydrogen-bond donors (Lipinski definition) is 1. The van der Waals surface area contributed by atoms with Crippen LogP contribution in [0.15, 0.2) is 60.3 Å². The van der Waals surface area contributed by atoms with E-state index >= 15 is 0 Å². The summed E-state index contributed by atoms with van der Waals surface area (Å²) < 4.78 is 1.53. The van der Waals surface area contributed by atoms with Crippen LogP contribution in [0.1, 0.15) is 21.7 Å². The maximum atomic E-state index is 12.8. The van der Waals surface area contributed by atoms with E-state index < -0.39 is 11.5 Å². The van der Waals surface area contributed by atoms with Crippen LogP contribution in [-0.4, -0.2) is 47.6 Å². The second-order valence-corrected chi connectivity index (χ2v) is 6.34. The molecule has 0 saturated heterocycles. The minimum absolute atomic E-state index is 0.00764. The molecule has 4 aromatic rings. The smallest absolute Gasteiger partial charge is 0.263 e. The van der Waals surface area contributed by atoms with Gasteiger partial charge in [-0.05, 0) is 17.0 Å². The maximum absolute atomic E-state index is 12.8. The number of aromatic nitrogens is 6. The lowest BCUT2D eigenvalue weighted by Gasteiger charge is -2.18. The van der Waals surface area contributed by atoms with E-state index in [2.05, 4.69) is 25.0 Å². The molecule has 0 aliphatic carbocycles. The summed E-state index contributed by atoms with van der Waals surface area (Å²) in [5.74, 6) is 0.00312. The molecule has 0 aliphatic heterocycles. The zero-order chi connectivity index (χ0) is 19.5. The van der Waals surface area contributed by atoms with Crippen LogP contribution in [0.4, 0.5) is 0 Å². The molecule has 0 aliphatic rings. The summed E-state index contributed by atoms with van der Waals surface area (Å²) in [6.07, 6.45) is 7.72. The molecule has 0 unspecified atom stereocenters. The third-order valence-electron chi connectivity index (χ3n) is 4.39. The number of carbonyl (C=O) groups excluding carboxylic acids is 1. The molecule has 140 valence electrons. The number of aromatic amines is 1. The van der Waals surface area contributed by atoms with E-state index in [1.54, 1.807) is 19.4 Å². The van der Waals surface area contributed by atoms with Crippen molar-refractivity contribution in [3.63, 3.8) is 0 Å². The number of amides is 1. The quantitative estimate of drug-likeness (QED) is 0.562. The number of rotatable bonds is 5. The molecule has 0 saturated carbocycles. The summed E-state index contributed by atoms with van der Waals surface area (Å²) in [4.78, 5) is 41.4. The molecule has 4 rings (SSSR count). The third-order valence-corrected chi connectivity index (χ3v) is 4.39. The first-order valence-corrected chi connectivity index (χ1v) is 8.59. The van der Waals surface area contributed by atoms with Crippen molar-refractivity contribution in [1.29, 1.82) is 0 Å². The van der Waals surface area contributed by atoms with Crippen LogP contribution in [0.25, 0.3) is 10.8 Å².